The minimum absolute atomic E-state index is 0.204. The third-order valence-electron chi connectivity index (χ3n) is 4.97. The summed E-state index contributed by atoms with van der Waals surface area (Å²) in [6.07, 6.45) is 2.79. The summed E-state index contributed by atoms with van der Waals surface area (Å²) in [5.41, 5.74) is -0.143. The van der Waals surface area contributed by atoms with Crippen molar-refractivity contribution >= 4 is 23.3 Å². The third kappa shape index (κ3) is 7.36. The van der Waals surface area contributed by atoms with Crippen LogP contribution in [0.15, 0.2) is 28.1 Å². The molecule has 170 valence electrons. The average molecular weight is 449 g/mol. The predicted octanol–water partition coefficient (Wildman–Crippen LogP) is 3.86. The summed E-state index contributed by atoms with van der Waals surface area (Å²) < 4.78 is 10.7. The molecule has 2 aromatic rings. The molecule has 3 rings (SSSR count). The number of ether oxygens (including phenoxy) is 1. The zero-order valence-electron chi connectivity index (χ0n) is 18.6. The molecule has 1 saturated heterocycles. The fourth-order valence-corrected chi connectivity index (χ4v) is 4.00. The van der Waals surface area contributed by atoms with E-state index in [2.05, 4.69) is 15.4 Å². The Balaban J connectivity index is 1.25. The number of hydrogen-bond acceptors (Lipinski definition) is 7. The normalized spacial score (nSPS) is 15.1. The summed E-state index contributed by atoms with van der Waals surface area (Å²) in [4.78, 5) is 29.4. The second kappa shape index (κ2) is 10.8. The number of unbranched alkanes of at least 4 members (excludes halogenated alkanes) is 2. The summed E-state index contributed by atoms with van der Waals surface area (Å²) in [6.45, 7) is 10.4. The number of amides is 2. The molecule has 0 saturated carbocycles. The lowest BCUT2D eigenvalue weighted by Gasteiger charge is -2.35. The lowest BCUT2D eigenvalue weighted by molar-refractivity contribution is 0.0144. The molecule has 3 heterocycles. The fraction of sp³-hybridized carbons (Fsp3) is 0.591. The van der Waals surface area contributed by atoms with E-state index >= 15 is 0 Å². The van der Waals surface area contributed by atoms with E-state index in [1.165, 1.54) is 0 Å². The van der Waals surface area contributed by atoms with Crippen molar-refractivity contribution < 1.29 is 18.8 Å². The predicted molar refractivity (Wildman–Crippen MR) is 120 cm³/mol. The van der Waals surface area contributed by atoms with Crippen LogP contribution in [-0.4, -0.2) is 71.8 Å². The highest BCUT2D eigenvalue weighted by molar-refractivity contribution is 7.13. The zero-order chi connectivity index (χ0) is 22.3. The molecular weight excluding hydrogens is 416 g/mol. The van der Waals surface area contributed by atoms with Crippen molar-refractivity contribution in [1.82, 2.24) is 20.3 Å². The van der Waals surface area contributed by atoms with Gasteiger partial charge < -0.3 is 19.5 Å². The lowest BCUT2D eigenvalue weighted by Crippen LogP contribution is -2.50. The minimum Gasteiger partial charge on any atom is -0.444 e. The third-order valence-corrected chi connectivity index (χ3v) is 5.85. The monoisotopic (exact) mass is 448 g/mol. The molecule has 2 aromatic heterocycles. The zero-order valence-corrected chi connectivity index (χ0v) is 19.4. The SMILES string of the molecule is CC(C)(C)OC(=O)N1CCN(CCCCCNC(=O)c2cc(-c3cccs3)on2)CC1. The van der Waals surface area contributed by atoms with Crippen molar-refractivity contribution in [3.8, 4) is 10.6 Å². The van der Waals surface area contributed by atoms with Crippen LogP contribution in [0, 0.1) is 0 Å². The van der Waals surface area contributed by atoms with Gasteiger partial charge in [0.2, 0.25) is 0 Å². The van der Waals surface area contributed by atoms with E-state index in [1.54, 1.807) is 22.3 Å². The molecule has 1 N–H and O–H groups in total. The van der Waals surface area contributed by atoms with Crippen LogP contribution in [0.2, 0.25) is 0 Å². The summed E-state index contributed by atoms with van der Waals surface area (Å²) in [5, 5.41) is 8.72. The summed E-state index contributed by atoms with van der Waals surface area (Å²) >= 11 is 1.55. The summed E-state index contributed by atoms with van der Waals surface area (Å²) in [6, 6.07) is 5.55. The summed E-state index contributed by atoms with van der Waals surface area (Å²) in [7, 11) is 0. The van der Waals surface area contributed by atoms with Gasteiger partial charge in [0.05, 0.1) is 4.88 Å². The van der Waals surface area contributed by atoms with E-state index in [0.717, 1.165) is 43.8 Å². The molecule has 0 spiro atoms. The topological polar surface area (TPSA) is 87.9 Å². The van der Waals surface area contributed by atoms with Gasteiger partial charge in [0, 0.05) is 38.8 Å². The van der Waals surface area contributed by atoms with E-state index in [1.807, 2.05) is 38.3 Å². The van der Waals surface area contributed by atoms with E-state index in [4.69, 9.17) is 9.26 Å². The number of rotatable bonds is 8. The van der Waals surface area contributed by atoms with Crippen LogP contribution in [0.3, 0.4) is 0 Å². The van der Waals surface area contributed by atoms with Gasteiger partial charge in [-0.05, 0) is 51.6 Å². The Labute approximate surface area is 187 Å². The molecule has 9 heteroatoms. The largest absolute Gasteiger partial charge is 0.444 e. The average Bonchev–Trinajstić information content (AvgIpc) is 3.41. The summed E-state index contributed by atoms with van der Waals surface area (Å²) in [5.74, 6) is 0.414. The van der Waals surface area contributed by atoms with Crippen LogP contribution in [-0.2, 0) is 4.74 Å². The number of nitrogens with zero attached hydrogens (tertiary/aromatic N) is 3. The first-order chi connectivity index (χ1) is 14.8. The molecule has 2 amide bonds. The standard InChI is InChI=1S/C22H32N4O4S/c1-22(2,3)29-21(28)26-13-11-25(12-14-26)10-6-4-5-9-23-20(27)17-16-18(30-24-17)19-8-7-15-31-19/h7-8,15-16H,4-6,9-14H2,1-3H3,(H,23,27). The number of hydrogen-bond donors (Lipinski definition) is 1. The Morgan fingerprint density at radius 3 is 2.65 bits per heavy atom. The highest BCUT2D eigenvalue weighted by Crippen LogP contribution is 2.25. The number of nitrogens with one attached hydrogen (secondary N) is 1. The van der Waals surface area contributed by atoms with Gasteiger partial charge in [-0.2, -0.15) is 0 Å². The molecule has 31 heavy (non-hydrogen) atoms. The fourth-order valence-electron chi connectivity index (χ4n) is 3.33. The molecule has 0 atom stereocenters. The molecule has 1 fully saturated rings. The van der Waals surface area contributed by atoms with Gasteiger partial charge in [0.1, 0.15) is 5.60 Å². The number of carbonyl (C=O) groups is 2. The molecule has 8 nitrogen and oxygen atoms in total. The maximum atomic E-state index is 12.2. The number of aromatic nitrogens is 1. The van der Waals surface area contributed by atoms with Gasteiger partial charge in [-0.25, -0.2) is 4.79 Å². The number of piperazine rings is 1. The van der Waals surface area contributed by atoms with E-state index < -0.39 is 5.60 Å². The van der Waals surface area contributed by atoms with Crippen molar-refractivity contribution in [3.63, 3.8) is 0 Å². The highest BCUT2D eigenvalue weighted by Gasteiger charge is 2.25. The molecule has 0 aliphatic carbocycles. The van der Waals surface area contributed by atoms with Gasteiger partial charge in [0.25, 0.3) is 5.91 Å². The first-order valence-electron chi connectivity index (χ1n) is 10.8. The van der Waals surface area contributed by atoms with Crippen LogP contribution in [0.4, 0.5) is 4.79 Å². The minimum atomic E-state index is -0.455. The highest BCUT2D eigenvalue weighted by atomic mass is 32.1. The van der Waals surface area contributed by atoms with Crippen molar-refractivity contribution in [2.24, 2.45) is 0 Å². The van der Waals surface area contributed by atoms with Crippen LogP contribution < -0.4 is 5.32 Å². The van der Waals surface area contributed by atoms with Gasteiger partial charge in [-0.15, -0.1) is 11.3 Å². The quantitative estimate of drug-likeness (QED) is 0.617. The Hall–Kier alpha value is -2.39. The van der Waals surface area contributed by atoms with Crippen LogP contribution in [0.25, 0.3) is 10.6 Å². The molecule has 0 radical (unpaired) electrons. The van der Waals surface area contributed by atoms with Gasteiger partial charge in [-0.3, -0.25) is 9.69 Å². The first kappa shape index (κ1) is 23.3. The Morgan fingerprint density at radius 2 is 1.97 bits per heavy atom. The van der Waals surface area contributed by atoms with Crippen molar-refractivity contribution in [2.75, 3.05) is 39.3 Å². The van der Waals surface area contributed by atoms with Gasteiger partial charge in [-0.1, -0.05) is 17.6 Å². The number of thiophene rings is 1. The molecule has 0 aromatic carbocycles. The molecule has 1 aliphatic rings. The maximum absolute atomic E-state index is 12.2. The number of carbonyl (C=O) groups excluding carboxylic acids is 2. The van der Waals surface area contributed by atoms with Gasteiger partial charge in [0.15, 0.2) is 11.5 Å². The lowest BCUT2D eigenvalue weighted by atomic mass is 10.2. The smallest absolute Gasteiger partial charge is 0.410 e. The first-order valence-corrected chi connectivity index (χ1v) is 11.7. The Bertz CT molecular complexity index is 836. The van der Waals surface area contributed by atoms with Crippen molar-refractivity contribution in [3.05, 3.63) is 29.3 Å². The molecule has 0 unspecified atom stereocenters. The maximum Gasteiger partial charge on any atom is 0.410 e. The molecular formula is C22H32N4O4S. The van der Waals surface area contributed by atoms with Gasteiger partial charge >= 0.3 is 6.09 Å². The Kier molecular flexibility index (Phi) is 8.09. The van der Waals surface area contributed by atoms with Crippen molar-refractivity contribution in [2.45, 2.75) is 45.6 Å². The second-order valence-corrected chi connectivity index (χ2v) is 9.63. The molecule has 1 aliphatic heterocycles. The second-order valence-electron chi connectivity index (χ2n) is 8.68. The van der Waals surface area contributed by atoms with E-state index in [-0.39, 0.29) is 12.0 Å². The molecule has 0 bridgehead atoms. The van der Waals surface area contributed by atoms with E-state index in [9.17, 15) is 9.59 Å². The van der Waals surface area contributed by atoms with Crippen LogP contribution >= 0.6 is 11.3 Å². The van der Waals surface area contributed by atoms with E-state index in [0.29, 0.717) is 31.1 Å². The Morgan fingerprint density at radius 1 is 1.19 bits per heavy atom. The van der Waals surface area contributed by atoms with Crippen LogP contribution in [0.1, 0.15) is 50.5 Å². The van der Waals surface area contributed by atoms with Crippen LogP contribution in [0.5, 0.6) is 0 Å². The van der Waals surface area contributed by atoms with Crippen molar-refractivity contribution in [1.29, 1.82) is 0 Å².